The van der Waals surface area contributed by atoms with Gasteiger partial charge >= 0.3 is 0 Å². The first-order valence-corrected chi connectivity index (χ1v) is 8.03. The molecule has 0 N–H and O–H groups in total. The molecule has 0 heterocycles. The molecule has 0 saturated carbocycles. The SMILES string of the molecule is C[P+](Cl)(c1ccccc1)c1ccccc1.[Ag]. The maximum Gasteiger partial charge on any atom is 0.175 e. The molecule has 0 bridgehead atoms. The molecule has 2 rings (SSSR count). The van der Waals surface area contributed by atoms with Gasteiger partial charge in [0.15, 0.2) is 6.62 Å². The second-order valence-electron chi connectivity index (χ2n) is 3.57. The number of hydrogen-bond donors (Lipinski definition) is 0. The molecular formula is C13H13AgClP+. The Morgan fingerprint density at radius 3 is 1.38 bits per heavy atom. The molecule has 0 spiro atoms. The van der Waals surface area contributed by atoms with E-state index in [9.17, 15) is 0 Å². The molecule has 0 amide bonds. The van der Waals surface area contributed by atoms with Crippen molar-refractivity contribution in [3.63, 3.8) is 0 Å². The first-order chi connectivity index (χ1) is 7.21. The van der Waals surface area contributed by atoms with E-state index in [2.05, 4.69) is 30.9 Å². The summed E-state index contributed by atoms with van der Waals surface area (Å²) in [4.78, 5) is 0. The van der Waals surface area contributed by atoms with Gasteiger partial charge in [0.1, 0.15) is 10.6 Å². The first-order valence-electron chi connectivity index (χ1n) is 4.88. The Bertz CT molecular complexity index is 387. The van der Waals surface area contributed by atoms with E-state index in [1.54, 1.807) is 0 Å². The van der Waals surface area contributed by atoms with Crippen molar-refractivity contribution in [2.24, 2.45) is 0 Å². The van der Waals surface area contributed by atoms with Gasteiger partial charge < -0.3 is 0 Å². The van der Waals surface area contributed by atoms with E-state index in [1.165, 1.54) is 10.6 Å². The summed E-state index contributed by atoms with van der Waals surface area (Å²) >= 11 is 6.70. The Kier molecular flexibility index (Phi) is 5.24. The minimum atomic E-state index is -1.68. The van der Waals surface area contributed by atoms with Gasteiger partial charge in [-0.3, -0.25) is 0 Å². The molecular weight excluding hydrogens is 330 g/mol. The average molecular weight is 344 g/mol. The van der Waals surface area contributed by atoms with Crippen molar-refractivity contribution in [3.8, 4) is 0 Å². The molecule has 2 aromatic rings. The number of rotatable bonds is 2. The van der Waals surface area contributed by atoms with Gasteiger partial charge in [0, 0.05) is 22.4 Å². The molecule has 0 aliphatic carbocycles. The van der Waals surface area contributed by atoms with Crippen molar-refractivity contribution < 1.29 is 22.4 Å². The van der Waals surface area contributed by atoms with Gasteiger partial charge in [-0.1, -0.05) is 36.4 Å². The zero-order valence-electron chi connectivity index (χ0n) is 8.90. The second-order valence-corrected chi connectivity index (χ2v) is 8.42. The van der Waals surface area contributed by atoms with Gasteiger partial charge in [-0.05, 0) is 24.3 Å². The fourth-order valence-corrected chi connectivity index (χ4v) is 4.00. The van der Waals surface area contributed by atoms with E-state index in [-0.39, 0.29) is 22.4 Å². The van der Waals surface area contributed by atoms with E-state index in [0.29, 0.717) is 0 Å². The zero-order valence-corrected chi connectivity index (χ0v) is 12.0. The molecule has 1 radical (unpaired) electrons. The quantitative estimate of drug-likeness (QED) is 0.579. The van der Waals surface area contributed by atoms with Crippen LogP contribution in [0.15, 0.2) is 60.7 Å². The molecule has 87 valence electrons. The standard InChI is InChI=1S/C13H13ClP.Ag/c1-15(14,12-8-4-2-5-9-12)13-10-6-3-7-11-13;/h2-11H,1H3;/q+1;. The molecule has 0 aliphatic rings. The van der Waals surface area contributed by atoms with E-state index in [4.69, 9.17) is 11.2 Å². The summed E-state index contributed by atoms with van der Waals surface area (Å²) in [5, 5.41) is 2.47. The van der Waals surface area contributed by atoms with E-state index >= 15 is 0 Å². The van der Waals surface area contributed by atoms with Crippen LogP contribution in [0.2, 0.25) is 0 Å². The second kappa shape index (κ2) is 6.00. The predicted molar refractivity (Wildman–Crippen MR) is 70.8 cm³/mol. The van der Waals surface area contributed by atoms with E-state index in [0.717, 1.165) is 0 Å². The molecule has 0 fully saturated rings. The summed E-state index contributed by atoms with van der Waals surface area (Å²) in [5.74, 6) is 0. The third-order valence-corrected chi connectivity index (χ3v) is 6.19. The Morgan fingerprint density at radius 2 is 1.06 bits per heavy atom. The third-order valence-electron chi connectivity index (χ3n) is 2.48. The van der Waals surface area contributed by atoms with Crippen molar-refractivity contribution in [2.75, 3.05) is 6.66 Å². The maximum atomic E-state index is 6.70. The summed E-state index contributed by atoms with van der Waals surface area (Å²) in [5.41, 5.74) is 0. The zero-order chi connectivity index (χ0) is 10.7. The summed E-state index contributed by atoms with van der Waals surface area (Å²) < 4.78 is 0. The van der Waals surface area contributed by atoms with Crippen molar-refractivity contribution in [1.82, 2.24) is 0 Å². The fourth-order valence-electron chi connectivity index (χ4n) is 1.56. The minimum absolute atomic E-state index is 0. The van der Waals surface area contributed by atoms with Gasteiger partial charge in [-0.15, -0.1) is 0 Å². The fraction of sp³-hybridized carbons (Fsp3) is 0.0769. The summed E-state index contributed by atoms with van der Waals surface area (Å²) in [7, 11) is 0. The van der Waals surface area contributed by atoms with Crippen LogP contribution in [0.3, 0.4) is 0 Å². The molecule has 0 aliphatic heterocycles. The van der Waals surface area contributed by atoms with Crippen molar-refractivity contribution in [3.05, 3.63) is 60.7 Å². The smallest absolute Gasteiger partial charge is 0.0620 e. The van der Waals surface area contributed by atoms with E-state index in [1.807, 2.05) is 36.4 Å². The summed E-state index contributed by atoms with van der Waals surface area (Å²) in [6.07, 6.45) is 0. The average Bonchev–Trinajstić information content (AvgIpc) is 2.31. The summed E-state index contributed by atoms with van der Waals surface area (Å²) in [6.45, 7) is 0.463. The number of benzene rings is 2. The van der Waals surface area contributed by atoms with Crippen LogP contribution in [0.5, 0.6) is 0 Å². The monoisotopic (exact) mass is 342 g/mol. The van der Waals surface area contributed by atoms with Crippen LogP contribution in [0, 0.1) is 0 Å². The number of halogens is 1. The van der Waals surface area contributed by atoms with Crippen LogP contribution in [-0.4, -0.2) is 6.66 Å². The van der Waals surface area contributed by atoms with Crippen molar-refractivity contribution in [1.29, 1.82) is 0 Å². The molecule has 0 nitrogen and oxygen atoms in total. The Balaban J connectivity index is 0.00000128. The number of hydrogen-bond acceptors (Lipinski definition) is 0. The summed E-state index contributed by atoms with van der Waals surface area (Å²) in [6, 6.07) is 20.6. The van der Waals surface area contributed by atoms with Crippen LogP contribution < -0.4 is 10.6 Å². The first kappa shape index (κ1) is 14.0. The van der Waals surface area contributed by atoms with Crippen LogP contribution >= 0.6 is 17.9 Å². The van der Waals surface area contributed by atoms with Crippen LogP contribution in [0.4, 0.5) is 0 Å². The maximum absolute atomic E-state index is 6.70. The van der Waals surface area contributed by atoms with Gasteiger partial charge in [0.05, 0.1) is 17.9 Å². The topological polar surface area (TPSA) is 0 Å². The molecule has 0 aromatic heterocycles. The predicted octanol–water partition coefficient (Wildman–Crippen LogP) is 3.44. The van der Waals surface area contributed by atoms with Crippen LogP contribution in [0.25, 0.3) is 0 Å². The molecule has 0 atom stereocenters. The van der Waals surface area contributed by atoms with E-state index < -0.39 is 6.62 Å². The largest absolute Gasteiger partial charge is 0.175 e. The normalized spacial score (nSPS) is 10.6. The minimum Gasteiger partial charge on any atom is -0.0620 e. The van der Waals surface area contributed by atoms with Gasteiger partial charge in [-0.25, -0.2) is 0 Å². The Labute approximate surface area is 118 Å². The van der Waals surface area contributed by atoms with Crippen LogP contribution in [-0.2, 0) is 22.4 Å². The van der Waals surface area contributed by atoms with Crippen molar-refractivity contribution >= 4 is 28.5 Å². The van der Waals surface area contributed by atoms with Crippen molar-refractivity contribution in [2.45, 2.75) is 0 Å². The third kappa shape index (κ3) is 2.97. The molecule has 2 aromatic carbocycles. The van der Waals surface area contributed by atoms with Gasteiger partial charge in [0.25, 0.3) is 0 Å². The molecule has 0 saturated heterocycles. The van der Waals surface area contributed by atoms with Gasteiger partial charge in [0.2, 0.25) is 0 Å². The molecule has 3 heteroatoms. The Hall–Kier alpha value is -0.0997. The molecule has 16 heavy (non-hydrogen) atoms. The van der Waals surface area contributed by atoms with Gasteiger partial charge in [-0.2, -0.15) is 0 Å². The van der Waals surface area contributed by atoms with Crippen LogP contribution in [0.1, 0.15) is 0 Å². The molecule has 0 unspecified atom stereocenters. The Morgan fingerprint density at radius 1 is 0.750 bits per heavy atom.